The van der Waals surface area contributed by atoms with Crippen molar-refractivity contribution in [1.29, 1.82) is 0 Å². The highest BCUT2D eigenvalue weighted by Crippen LogP contribution is 2.28. The number of benzene rings is 2. The quantitative estimate of drug-likeness (QED) is 0.484. The maximum atomic E-state index is 13.3. The number of rotatable bonds is 10. The van der Waals surface area contributed by atoms with Gasteiger partial charge in [-0.3, -0.25) is 9.59 Å². The van der Waals surface area contributed by atoms with Crippen LogP contribution < -0.4 is 20.5 Å². The van der Waals surface area contributed by atoms with Crippen molar-refractivity contribution in [2.75, 3.05) is 32.6 Å². The summed E-state index contributed by atoms with van der Waals surface area (Å²) in [6.45, 7) is 1.37. The fourth-order valence-corrected chi connectivity index (χ4v) is 3.87. The summed E-state index contributed by atoms with van der Waals surface area (Å²) in [5.74, 6) is 0.771. The third kappa shape index (κ3) is 5.87. The molecule has 3 rings (SSSR count). The van der Waals surface area contributed by atoms with Crippen LogP contribution in [0, 0.1) is 0 Å². The van der Waals surface area contributed by atoms with Gasteiger partial charge in [0.05, 0.1) is 19.1 Å². The number of amides is 2. The van der Waals surface area contributed by atoms with Crippen LogP contribution in [0.2, 0.25) is 0 Å². The molecule has 0 radical (unpaired) electrons. The molecule has 0 unspecified atom stereocenters. The van der Waals surface area contributed by atoms with Crippen molar-refractivity contribution in [2.45, 2.75) is 13.0 Å². The van der Waals surface area contributed by atoms with Crippen LogP contribution in [0.1, 0.15) is 32.0 Å². The van der Waals surface area contributed by atoms with Crippen LogP contribution in [0.15, 0.2) is 60.0 Å². The minimum absolute atomic E-state index is 0.132. The lowest BCUT2D eigenvalue weighted by Crippen LogP contribution is -2.32. The van der Waals surface area contributed by atoms with Gasteiger partial charge in [-0.1, -0.05) is 18.2 Å². The molecule has 2 amide bonds. The second kappa shape index (κ2) is 11.3. The highest BCUT2D eigenvalue weighted by molar-refractivity contribution is 7.12. The van der Waals surface area contributed by atoms with E-state index in [1.165, 1.54) is 18.4 Å². The number of nitrogens with two attached hydrogens (primary N) is 1. The Balaban J connectivity index is 1.78. The van der Waals surface area contributed by atoms with Crippen LogP contribution in [0.25, 0.3) is 0 Å². The molecule has 0 aliphatic rings. The molecule has 2 aromatic carbocycles. The Hall–Kier alpha value is -3.36. The van der Waals surface area contributed by atoms with E-state index in [0.717, 1.165) is 5.56 Å². The van der Waals surface area contributed by atoms with Gasteiger partial charge in [0.2, 0.25) is 0 Å². The number of nitrogens with zero attached hydrogens (tertiary/aromatic N) is 1. The first-order chi connectivity index (χ1) is 15.5. The van der Waals surface area contributed by atoms with Gasteiger partial charge in [0, 0.05) is 24.3 Å². The maximum Gasteiger partial charge on any atom is 0.265 e. The standard InChI is InChI=1S/C24H27N3O4S/c1-30-20-10-9-18(15-21(20)31-2)24(29)27(12-5-11-25)16-17-6-3-7-19(14-17)26-23(28)22-8-4-13-32-22/h3-4,6-10,13-15H,5,11-12,16,25H2,1-2H3,(H,26,28). The Morgan fingerprint density at radius 1 is 1.03 bits per heavy atom. The van der Waals surface area contributed by atoms with Crippen molar-refractivity contribution < 1.29 is 19.1 Å². The molecule has 0 spiro atoms. The van der Waals surface area contributed by atoms with Gasteiger partial charge >= 0.3 is 0 Å². The van der Waals surface area contributed by atoms with E-state index in [-0.39, 0.29) is 11.8 Å². The lowest BCUT2D eigenvalue weighted by atomic mass is 10.1. The van der Waals surface area contributed by atoms with Crippen LogP contribution >= 0.6 is 11.3 Å². The molecule has 168 valence electrons. The maximum absolute atomic E-state index is 13.3. The first-order valence-electron chi connectivity index (χ1n) is 10.2. The molecule has 1 aromatic heterocycles. The molecule has 8 heteroatoms. The highest BCUT2D eigenvalue weighted by Gasteiger charge is 2.18. The van der Waals surface area contributed by atoms with E-state index >= 15 is 0 Å². The Labute approximate surface area is 191 Å². The normalized spacial score (nSPS) is 10.5. The minimum Gasteiger partial charge on any atom is -0.493 e. The van der Waals surface area contributed by atoms with Crippen molar-refractivity contribution >= 4 is 28.8 Å². The molecule has 3 aromatic rings. The molecule has 1 heterocycles. The number of ether oxygens (including phenoxy) is 2. The molecule has 7 nitrogen and oxygen atoms in total. The highest BCUT2D eigenvalue weighted by atomic mass is 32.1. The van der Waals surface area contributed by atoms with E-state index in [9.17, 15) is 9.59 Å². The zero-order chi connectivity index (χ0) is 22.9. The fraction of sp³-hybridized carbons (Fsp3) is 0.250. The van der Waals surface area contributed by atoms with Crippen LogP contribution in [-0.2, 0) is 6.54 Å². The number of anilines is 1. The molecule has 0 fully saturated rings. The molecule has 0 saturated heterocycles. The summed E-state index contributed by atoms with van der Waals surface area (Å²) < 4.78 is 10.6. The summed E-state index contributed by atoms with van der Waals surface area (Å²) in [6.07, 6.45) is 0.674. The van der Waals surface area contributed by atoms with E-state index in [4.69, 9.17) is 15.2 Å². The van der Waals surface area contributed by atoms with Crippen molar-refractivity contribution in [3.63, 3.8) is 0 Å². The van der Waals surface area contributed by atoms with Gasteiger partial charge in [-0.05, 0) is 60.3 Å². The summed E-state index contributed by atoms with van der Waals surface area (Å²) >= 11 is 1.39. The van der Waals surface area contributed by atoms with Gasteiger partial charge in [0.1, 0.15) is 0 Å². The van der Waals surface area contributed by atoms with Crippen molar-refractivity contribution in [3.05, 3.63) is 76.0 Å². The van der Waals surface area contributed by atoms with Gasteiger partial charge in [0.25, 0.3) is 11.8 Å². The second-order valence-corrected chi connectivity index (χ2v) is 8.02. The topological polar surface area (TPSA) is 93.9 Å². The van der Waals surface area contributed by atoms with Gasteiger partial charge in [-0.2, -0.15) is 0 Å². The molecule has 0 saturated carbocycles. The summed E-state index contributed by atoms with van der Waals surface area (Å²) in [5, 5.41) is 4.77. The SMILES string of the molecule is COc1ccc(C(=O)N(CCCN)Cc2cccc(NC(=O)c3cccs3)c2)cc1OC. The molecule has 0 aliphatic heterocycles. The van der Waals surface area contributed by atoms with Crippen molar-refractivity contribution in [2.24, 2.45) is 5.73 Å². The Morgan fingerprint density at radius 3 is 2.53 bits per heavy atom. The summed E-state index contributed by atoms with van der Waals surface area (Å²) in [5.41, 5.74) is 7.78. The number of carbonyl (C=O) groups is 2. The van der Waals surface area contributed by atoms with Gasteiger partial charge in [0.15, 0.2) is 11.5 Å². The van der Waals surface area contributed by atoms with E-state index in [0.29, 0.717) is 53.7 Å². The Bertz CT molecular complexity index is 1050. The lowest BCUT2D eigenvalue weighted by Gasteiger charge is -2.23. The van der Waals surface area contributed by atoms with Gasteiger partial charge < -0.3 is 25.4 Å². The number of methoxy groups -OCH3 is 2. The van der Waals surface area contributed by atoms with E-state index in [2.05, 4.69) is 5.32 Å². The van der Waals surface area contributed by atoms with Crippen molar-refractivity contribution in [3.8, 4) is 11.5 Å². The number of thiophene rings is 1. The van der Waals surface area contributed by atoms with Crippen molar-refractivity contribution in [1.82, 2.24) is 4.90 Å². The molecule has 0 aliphatic carbocycles. The molecule has 32 heavy (non-hydrogen) atoms. The van der Waals surface area contributed by atoms with Crippen LogP contribution in [0.3, 0.4) is 0 Å². The number of hydrogen-bond acceptors (Lipinski definition) is 6. The molecule has 3 N–H and O–H groups in total. The summed E-state index contributed by atoms with van der Waals surface area (Å²) in [4.78, 5) is 28.0. The average molecular weight is 454 g/mol. The number of carbonyl (C=O) groups excluding carboxylic acids is 2. The second-order valence-electron chi connectivity index (χ2n) is 7.07. The minimum atomic E-state index is -0.154. The average Bonchev–Trinajstić information content (AvgIpc) is 3.36. The first kappa shape index (κ1) is 23.3. The van der Waals surface area contributed by atoms with E-state index in [1.54, 1.807) is 36.3 Å². The number of hydrogen-bond donors (Lipinski definition) is 2. The van der Waals surface area contributed by atoms with Gasteiger partial charge in [-0.15, -0.1) is 11.3 Å². The zero-order valence-corrected chi connectivity index (χ0v) is 19.0. The van der Waals surface area contributed by atoms with Crippen LogP contribution in [0.5, 0.6) is 11.5 Å². The predicted octanol–water partition coefficient (Wildman–Crippen LogP) is 4.01. The predicted molar refractivity (Wildman–Crippen MR) is 127 cm³/mol. The lowest BCUT2D eigenvalue weighted by molar-refractivity contribution is 0.0741. The molecule has 0 atom stereocenters. The Kier molecular flexibility index (Phi) is 8.24. The summed E-state index contributed by atoms with van der Waals surface area (Å²) in [7, 11) is 3.09. The van der Waals surface area contributed by atoms with Crippen LogP contribution in [-0.4, -0.2) is 44.0 Å². The molecular weight excluding hydrogens is 426 g/mol. The molecule has 0 bridgehead atoms. The van der Waals surface area contributed by atoms with Gasteiger partial charge in [-0.25, -0.2) is 0 Å². The third-order valence-electron chi connectivity index (χ3n) is 4.85. The Morgan fingerprint density at radius 2 is 1.84 bits per heavy atom. The summed E-state index contributed by atoms with van der Waals surface area (Å²) in [6, 6.07) is 16.2. The third-order valence-corrected chi connectivity index (χ3v) is 5.72. The fourth-order valence-electron chi connectivity index (χ4n) is 3.25. The number of nitrogens with one attached hydrogen (secondary N) is 1. The monoisotopic (exact) mass is 453 g/mol. The molecular formula is C24H27N3O4S. The largest absolute Gasteiger partial charge is 0.493 e. The first-order valence-corrected chi connectivity index (χ1v) is 11.1. The zero-order valence-electron chi connectivity index (χ0n) is 18.2. The van der Waals surface area contributed by atoms with E-state index in [1.807, 2.05) is 35.7 Å². The van der Waals surface area contributed by atoms with E-state index < -0.39 is 0 Å². The smallest absolute Gasteiger partial charge is 0.265 e. The van der Waals surface area contributed by atoms with Crippen LogP contribution in [0.4, 0.5) is 5.69 Å².